The summed E-state index contributed by atoms with van der Waals surface area (Å²) in [5.74, 6) is -0.0316. The summed E-state index contributed by atoms with van der Waals surface area (Å²) in [5.41, 5.74) is 5.41. The Morgan fingerprint density at radius 3 is 2.58 bits per heavy atom. The van der Waals surface area contributed by atoms with Gasteiger partial charge in [0.15, 0.2) is 5.01 Å². The van der Waals surface area contributed by atoms with Crippen LogP contribution in [-0.4, -0.2) is 97.7 Å². The molecule has 0 aliphatic carbocycles. The van der Waals surface area contributed by atoms with E-state index in [-0.39, 0.29) is 35.6 Å². The summed E-state index contributed by atoms with van der Waals surface area (Å²) in [6.07, 6.45) is 6.65. The van der Waals surface area contributed by atoms with Gasteiger partial charge in [-0.1, -0.05) is 17.4 Å². The number of nitriles is 1. The highest BCUT2D eigenvalue weighted by atomic mass is 32.1. The molecular formula is C37H38N12O3S. The Bertz CT molecular complexity index is 2240. The highest BCUT2D eigenvalue weighted by molar-refractivity contribution is 7.18. The zero-order valence-electron chi connectivity index (χ0n) is 29.4. The van der Waals surface area contributed by atoms with E-state index in [1.54, 1.807) is 23.0 Å². The summed E-state index contributed by atoms with van der Waals surface area (Å²) in [7, 11) is 0. The Labute approximate surface area is 309 Å². The fraction of sp³-hybridized carbons (Fsp3) is 0.378. The third-order valence-corrected chi connectivity index (χ3v) is 11.0. The molecule has 3 aliphatic heterocycles. The van der Waals surface area contributed by atoms with Crippen molar-refractivity contribution in [1.82, 2.24) is 40.0 Å². The van der Waals surface area contributed by atoms with Gasteiger partial charge < -0.3 is 20.0 Å². The Hall–Kier alpha value is -5.95. The van der Waals surface area contributed by atoms with Crippen LogP contribution in [0.4, 0.5) is 16.6 Å². The van der Waals surface area contributed by atoms with Crippen molar-refractivity contribution in [2.75, 3.05) is 54.4 Å². The number of hydrogen-bond donors (Lipinski definition) is 2. The lowest BCUT2D eigenvalue weighted by Gasteiger charge is -2.35. The Morgan fingerprint density at radius 1 is 0.981 bits per heavy atom. The molecule has 2 atom stereocenters. The number of carbonyl (C=O) groups excluding carboxylic acids is 3. The van der Waals surface area contributed by atoms with Crippen LogP contribution in [0.15, 0.2) is 55.0 Å². The van der Waals surface area contributed by atoms with Crippen LogP contribution in [0.5, 0.6) is 0 Å². The number of carbonyl (C=O) groups is 3. The van der Waals surface area contributed by atoms with E-state index < -0.39 is 0 Å². The van der Waals surface area contributed by atoms with Crippen LogP contribution in [-0.2, 0) is 14.4 Å². The summed E-state index contributed by atoms with van der Waals surface area (Å²) in [6.45, 7) is 8.03. The van der Waals surface area contributed by atoms with Crippen molar-refractivity contribution in [3.63, 3.8) is 0 Å². The molecule has 15 nitrogen and oxygen atoms in total. The fourth-order valence-corrected chi connectivity index (χ4v) is 8.17. The minimum absolute atomic E-state index is 0.107. The first kappa shape index (κ1) is 34.2. The zero-order valence-corrected chi connectivity index (χ0v) is 30.2. The maximum atomic E-state index is 13.6. The number of imide groups is 1. The van der Waals surface area contributed by atoms with E-state index in [2.05, 4.69) is 60.6 Å². The topological polar surface area (TPSA) is 178 Å². The molecule has 5 aromatic heterocycles. The molecule has 3 fully saturated rings. The van der Waals surface area contributed by atoms with Crippen molar-refractivity contribution in [2.45, 2.75) is 45.1 Å². The number of hydrogen-bond acceptors (Lipinski definition) is 13. The minimum Gasteiger partial charge on any atom is -0.382 e. The average molecular weight is 731 g/mol. The summed E-state index contributed by atoms with van der Waals surface area (Å²) >= 11 is 1.51. The summed E-state index contributed by atoms with van der Waals surface area (Å²) < 4.78 is 1.78. The summed E-state index contributed by atoms with van der Waals surface area (Å²) in [6, 6.07) is 13.8. The monoisotopic (exact) mass is 730 g/mol. The van der Waals surface area contributed by atoms with E-state index in [4.69, 9.17) is 4.98 Å². The number of piperazine rings is 1. The van der Waals surface area contributed by atoms with Crippen LogP contribution in [0, 0.1) is 17.2 Å². The van der Waals surface area contributed by atoms with Gasteiger partial charge in [0, 0.05) is 69.8 Å². The minimum atomic E-state index is -0.368. The van der Waals surface area contributed by atoms with Crippen molar-refractivity contribution < 1.29 is 14.4 Å². The van der Waals surface area contributed by atoms with Gasteiger partial charge in [0.05, 0.1) is 46.1 Å². The normalized spacial score (nSPS) is 19.2. The first-order valence-electron chi connectivity index (χ1n) is 17.8. The lowest BCUT2D eigenvalue weighted by Crippen LogP contribution is -2.50. The molecule has 8 rings (SSSR count). The molecule has 0 bridgehead atoms. The highest BCUT2D eigenvalue weighted by Crippen LogP contribution is 2.36. The lowest BCUT2D eigenvalue weighted by molar-refractivity contribution is -0.135. The molecule has 0 unspecified atom stereocenters. The number of piperidine rings is 1. The van der Waals surface area contributed by atoms with Gasteiger partial charge in [-0.15, -0.1) is 10.2 Å². The van der Waals surface area contributed by atoms with Gasteiger partial charge in [0.25, 0.3) is 0 Å². The van der Waals surface area contributed by atoms with Crippen molar-refractivity contribution in [1.29, 1.82) is 5.26 Å². The third kappa shape index (κ3) is 6.87. The van der Waals surface area contributed by atoms with Gasteiger partial charge in [0.1, 0.15) is 11.9 Å². The van der Waals surface area contributed by atoms with Crippen LogP contribution in [0.1, 0.15) is 50.2 Å². The van der Waals surface area contributed by atoms with Gasteiger partial charge in [0.2, 0.25) is 22.9 Å². The molecule has 3 amide bonds. The molecular weight excluding hydrogens is 693 g/mol. The van der Waals surface area contributed by atoms with Gasteiger partial charge >= 0.3 is 0 Å². The highest BCUT2D eigenvalue weighted by Gasteiger charge is 2.34. The predicted octanol–water partition coefficient (Wildman–Crippen LogP) is 3.70. The molecule has 3 saturated heterocycles. The molecule has 0 saturated carbocycles. The molecule has 0 spiro atoms. The fourth-order valence-electron chi connectivity index (χ4n) is 7.25. The number of fused-ring (bicyclic) bond motifs is 1. The molecule has 53 heavy (non-hydrogen) atoms. The molecule has 270 valence electrons. The Balaban J connectivity index is 0.893. The molecule has 0 radical (unpaired) electrons. The van der Waals surface area contributed by atoms with Crippen molar-refractivity contribution in [3.05, 3.63) is 66.1 Å². The SMILES string of the molecule is CC(C)Nc1cc(-c2ccc3cc(C#N)cnn23)ncc1-c1nnc(N2CCN(C(=O)[C@@H]3CCN(c4ccc([C@H]5CCC(=O)NC5=O)cn4)C3)CC2)s1. The van der Waals surface area contributed by atoms with Gasteiger partial charge in [-0.05, 0) is 62.6 Å². The van der Waals surface area contributed by atoms with Crippen LogP contribution >= 0.6 is 11.3 Å². The number of rotatable bonds is 8. The van der Waals surface area contributed by atoms with Gasteiger partial charge in [-0.25, -0.2) is 9.50 Å². The first-order chi connectivity index (χ1) is 25.7. The van der Waals surface area contributed by atoms with E-state index in [9.17, 15) is 19.6 Å². The molecule has 8 heterocycles. The van der Waals surface area contributed by atoms with Crippen molar-refractivity contribution in [2.24, 2.45) is 5.92 Å². The predicted molar refractivity (Wildman–Crippen MR) is 199 cm³/mol. The van der Waals surface area contributed by atoms with E-state index in [1.807, 2.05) is 41.4 Å². The molecule has 16 heteroatoms. The zero-order chi connectivity index (χ0) is 36.6. The van der Waals surface area contributed by atoms with Crippen molar-refractivity contribution >= 4 is 51.2 Å². The van der Waals surface area contributed by atoms with Crippen LogP contribution in [0.25, 0.3) is 27.5 Å². The number of pyridine rings is 2. The Morgan fingerprint density at radius 2 is 1.83 bits per heavy atom. The summed E-state index contributed by atoms with van der Waals surface area (Å²) in [5, 5.41) is 30.3. The number of amides is 3. The summed E-state index contributed by atoms with van der Waals surface area (Å²) in [4.78, 5) is 53.1. The van der Waals surface area contributed by atoms with E-state index >= 15 is 0 Å². The third-order valence-electron chi connectivity index (χ3n) is 10.0. The number of aromatic nitrogens is 6. The van der Waals surface area contributed by atoms with Gasteiger partial charge in [-0.2, -0.15) is 10.4 Å². The standard InChI is InChI=1S/C37H38N12O3S/c1-22(2)42-29-16-30(31-6-4-26-15-23(17-38)18-41-49(26)31)39-20-28(29)35-44-45-37(53-35)47-13-11-46(12-14-47)36(52)25-9-10-48(21-25)32-7-3-24(19-40-32)27-5-8-33(50)43-34(27)51/h3-4,6-7,15-16,18-20,22,25,27H,5,8-14,21H2,1-2H3,(H,39,42)(H,43,50,51)/t25-,27-/m1/s1. The maximum absolute atomic E-state index is 13.6. The second-order valence-corrected chi connectivity index (χ2v) is 14.9. The molecule has 3 aliphatic rings. The van der Waals surface area contributed by atoms with E-state index in [0.29, 0.717) is 51.1 Å². The first-order valence-corrected chi connectivity index (χ1v) is 18.6. The average Bonchev–Trinajstić information content (AvgIpc) is 3.95. The number of nitrogens with zero attached hydrogens (tertiary/aromatic N) is 10. The van der Waals surface area contributed by atoms with Crippen LogP contribution in [0.3, 0.4) is 0 Å². The number of anilines is 3. The smallest absolute Gasteiger partial charge is 0.234 e. The van der Waals surface area contributed by atoms with Gasteiger partial charge in [-0.3, -0.25) is 24.7 Å². The molecule has 2 N–H and O–H groups in total. The van der Waals surface area contributed by atoms with Crippen molar-refractivity contribution in [3.8, 4) is 28.0 Å². The second-order valence-electron chi connectivity index (χ2n) is 13.9. The second kappa shape index (κ2) is 14.2. The largest absolute Gasteiger partial charge is 0.382 e. The molecule has 5 aromatic rings. The van der Waals surface area contributed by atoms with Crippen LogP contribution < -0.4 is 20.4 Å². The number of nitrogens with one attached hydrogen (secondary N) is 2. The quantitative estimate of drug-likeness (QED) is 0.222. The lowest BCUT2D eigenvalue weighted by atomic mass is 9.92. The van der Waals surface area contributed by atoms with Crippen LogP contribution in [0.2, 0.25) is 0 Å². The maximum Gasteiger partial charge on any atom is 0.234 e. The van der Waals surface area contributed by atoms with E-state index in [0.717, 1.165) is 62.6 Å². The molecule has 0 aromatic carbocycles. The Kier molecular flexibility index (Phi) is 9.17. The van der Waals surface area contributed by atoms with E-state index in [1.165, 1.54) is 11.3 Å².